The molecule has 5 nitrogen and oxygen atoms in total. The summed E-state index contributed by atoms with van der Waals surface area (Å²) < 4.78 is 5.40. The second-order valence-electron chi connectivity index (χ2n) is 5.49. The number of hydrogen-bond acceptors (Lipinski definition) is 4. The van der Waals surface area contributed by atoms with E-state index < -0.39 is 0 Å². The van der Waals surface area contributed by atoms with Crippen molar-refractivity contribution < 1.29 is 9.53 Å². The average Bonchev–Trinajstić information content (AvgIpc) is 2.91. The maximum absolute atomic E-state index is 12.0. The van der Waals surface area contributed by atoms with Crippen molar-refractivity contribution >= 4 is 5.91 Å². The fourth-order valence-electron chi connectivity index (χ4n) is 2.66. The summed E-state index contributed by atoms with van der Waals surface area (Å²) in [4.78, 5) is 16.4. The normalized spacial score (nSPS) is 27.4. The van der Waals surface area contributed by atoms with Crippen molar-refractivity contribution in [3.63, 3.8) is 0 Å². The zero-order chi connectivity index (χ0) is 13.0. The van der Waals surface area contributed by atoms with E-state index in [1.54, 1.807) is 0 Å². The minimum atomic E-state index is -0.0419. The predicted molar refractivity (Wildman–Crippen MR) is 70.2 cm³/mol. The summed E-state index contributed by atoms with van der Waals surface area (Å²) in [5.74, 6) is 0.858. The van der Waals surface area contributed by atoms with Crippen LogP contribution < -0.4 is 5.73 Å². The summed E-state index contributed by atoms with van der Waals surface area (Å²) in [7, 11) is 0. The van der Waals surface area contributed by atoms with Crippen molar-refractivity contribution in [2.24, 2.45) is 17.6 Å². The van der Waals surface area contributed by atoms with Crippen LogP contribution in [0.4, 0.5) is 0 Å². The largest absolute Gasteiger partial charge is 0.381 e. The monoisotopic (exact) mass is 255 g/mol. The number of amides is 1. The van der Waals surface area contributed by atoms with Crippen molar-refractivity contribution in [2.75, 3.05) is 52.5 Å². The third-order valence-corrected chi connectivity index (χ3v) is 4.00. The Morgan fingerprint density at radius 2 is 2.11 bits per heavy atom. The third kappa shape index (κ3) is 3.43. The van der Waals surface area contributed by atoms with Gasteiger partial charge in [-0.05, 0) is 12.3 Å². The summed E-state index contributed by atoms with van der Waals surface area (Å²) in [6.45, 7) is 8.95. The van der Waals surface area contributed by atoms with Crippen molar-refractivity contribution in [2.45, 2.75) is 13.3 Å². The Labute approximate surface area is 109 Å². The van der Waals surface area contributed by atoms with Gasteiger partial charge in [-0.15, -0.1) is 0 Å². The zero-order valence-corrected chi connectivity index (χ0v) is 11.3. The molecule has 0 bridgehead atoms. The molecule has 2 atom stereocenters. The fraction of sp³-hybridized carbons (Fsp3) is 0.923. The standard InChI is InChI=1S/C13H25N3O2/c1-11(8-14)13(17)16-5-3-15(4-6-16)9-12-2-7-18-10-12/h11-12H,2-10,14H2,1H3. The maximum Gasteiger partial charge on any atom is 0.226 e. The molecular formula is C13H25N3O2. The van der Waals surface area contributed by atoms with Gasteiger partial charge < -0.3 is 15.4 Å². The summed E-state index contributed by atoms with van der Waals surface area (Å²) in [5.41, 5.74) is 5.54. The van der Waals surface area contributed by atoms with Gasteiger partial charge in [0.1, 0.15) is 0 Å². The highest BCUT2D eigenvalue weighted by molar-refractivity contribution is 5.78. The summed E-state index contributed by atoms with van der Waals surface area (Å²) >= 11 is 0. The molecule has 0 spiro atoms. The van der Waals surface area contributed by atoms with Gasteiger partial charge in [0.05, 0.1) is 6.61 Å². The van der Waals surface area contributed by atoms with Gasteiger partial charge in [0.25, 0.3) is 0 Å². The van der Waals surface area contributed by atoms with E-state index in [0.29, 0.717) is 12.5 Å². The van der Waals surface area contributed by atoms with Crippen molar-refractivity contribution in [1.29, 1.82) is 0 Å². The van der Waals surface area contributed by atoms with Crippen LogP contribution in [0.2, 0.25) is 0 Å². The number of carbonyl (C=O) groups is 1. The Hall–Kier alpha value is -0.650. The number of carbonyl (C=O) groups excluding carboxylic acids is 1. The first kappa shape index (κ1) is 13.8. The Morgan fingerprint density at radius 3 is 2.67 bits per heavy atom. The van der Waals surface area contributed by atoms with Gasteiger partial charge in [0, 0.05) is 51.8 Å². The number of rotatable bonds is 4. The molecule has 1 amide bonds. The van der Waals surface area contributed by atoms with Gasteiger partial charge in [0.2, 0.25) is 5.91 Å². The number of piperazine rings is 1. The molecule has 2 N–H and O–H groups in total. The first-order chi connectivity index (χ1) is 8.70. The summed E-state index contributed by atoms with van der Waals surface area (Å²) in [6.07, 6.45) is 1.18. The Balaban J connectivity index is 1.72. The highest BCUT2D eigenvalue weighted by Gasteiger charge is 2.26. The van der Waals surface area contributed by atoms with Gasteiger partial charge in [-0.3, -0.25) is 9.69 Å². The predicted octanol–water partition coefficient (Wildman–Crippen LogP) is -0.238. The average molecular weight is 255 g/mol. The van der Waals surface area contributed by atoms with Gasteiger partial charge in [0.15, 0.2) is 0 Å². The van der Waals surface area contributed by atoms with Crippen LogP contribution in [0.25, 0.3) is 0 Å². The van der Waals surface area contributed by atoms with E-state index in [0.717, 1.165) is 45.9 Å². The topological polar surface area (TPSA) is 58.8 Å². The van der Waals surface area contributed by atoms with Gasteiger partial charge in [-0.25, -0.2) is 0 Å². The Kier molecular flexibility index (Phi) is 4.97. The molecule has 18 heavy (non-hydrogen) atoms. The van der Waals surface area contributed by atoms with Gasteiger partial charge in [-0.2, -0.15) is 0 Å². The van der Waals surface area contributed by atoms with Crippen molar-refractivity contribution in [3.05, 3.63) is 0 Å². The molecule has 5 heteroatoms. The van der Waals surface area contributed by atoms with Crippen LogP contribution in [-0.4, -0.2) is 68.2 Å². The fourth-order valence-corrected chi connectivity index (χ4v) is 2.66. The molecule has 2 aliphatic heterocycles. The van der Waals surface area contributed by atoms with E-state index in [-0.39, 0.29) is 11.8 Å². The van der Waals surface area contributed by atoms with Crippen LogP contribution in [0, 0.1) is 11.8 Å². The number of hydrogen-bond donors (Lipinski definition) is 1. The smallest absolute Gasteiger partial charge is 0.226 e. The molecule has 2 fully saturated rings. The first-order valence-corrected chi connectivity index (χ1v) is 6.99. The van der Waals surface area contributed by atoms with Crippen molar-refractivity contribution in [1.82, 2.24) is 9.80 Å². The molecule has 104 valence electrons. The summed E-state index contributed by atoms with van der Waals surface area (Å²) in [5, 5.41) is 0. The molecule has 2 heterocycles. The lowest BCUT2D eigenvalue weighted by Crippen LogP contribution is -2.51. The number of nitrogens with two attached hydrogens (primary N) is 1. The minimum Gasteiger partial charge on any atom is -0.381 e. The molecule has 0 aromatic heterocycles. The Morgan fingerprint density at radius 1 is 1.39 bits per heavy atom. The highest BCUT2D eigenvalue weighted by atomic mass is 16.5. The molecule has 0 radical (unpaired) electrons. The second-order valence-corrected chi connectivity index (χ2v) is 5.49. The lowest BCUT2D eigenvalue weighted by atomic mass is 10.1. The molecule has 2 unspecified atom stereocenters. The lowest BCUT2D eigenvalue weighted by Gasteiger charge is -2.36. The lowest BCUT2D eigenvalue weighted by molar-refractivity contribution is -0.136. The second kappa shape index (κ2) is 6.50. The molecule has 0 aliphatic carbocycles. The first-order valence-electron chi connectivity index (χ1n) is 6.99. The third-order valence-electron chi connectivity index (χ3n) is 4.00. The quantitative estimate of drug-likeness (QED) is 0.753. The number of nitrogens with zero attached hydrogens (tertiary/aromatic N) is 2. The molecule has 0 saturated carbocycles. The van der Waals surface area contributed by atoms with Gasteiger partial charge >= 0.3 is 0 Å². The minimum absolute atomic E-state index is 0.0419. The van der Waals surface area contributed by atoms with E-state index in [2.05, 4.69) is 4.90 Å². The molecule has 2 saturated heterocycles. The van der Waals surface area contributed by atoms with Crippen LogP contribution in [0.3, 0.4) is 0 Å². The van der Waals surface area contributed by atoms with Gasteiger partial charge in [-0.1, -0.05) is 6.92 Å². The SMILES string of the molecule is CC(CN)C(=O)N1CCN(CC2CCOC2)CC1. The molecule has 0 aromatic carbocycles. The molecular weight excluding hydrogens is 230 g/mol. The maximum atomic E-state index is 12.0. The highest BCUT2D eigenvalue weighted by Crippen LogP contribution is 2.15. The van der Waals surface area contributed by atoms with Crippen LogP contribution in [-0.2, 0) is 9.53 Å². The Bertz CT molecular complexity index is 271. The zero-order valence-electron chi connectivity index (χ0n) is 11.3. The van der Waals surface area contributed by atoms with Crippen LogP contribution >= 0.6 is 0 Å². The number of ether oxygens (including phenoxy) is 1. The van der Waals surface area contributed by atoms with Crippen LogP contribution in [0.1, 0.15) is 13.3 Å². The van der Waals surface area contributed by atoms with E-state index >= 15 is 0 Å². The van der Waals surface area contributed by atoms with E-state index in [1.165, 1.54) is 6.42 Å². The van der Waals surface area contributed by atoms with Crippen LogP contribution in [0.5, 0.6) is 0 Å². The van der Waals surface area contributed by atoms with E-state index in [4.69, 9.17) is 10.5 Å². The van der Waals surface area contributed by atoms with Crippen molar-refractivity contribution in [3.8, 4) is 0 Å². The molecule has 2 rings (SSSR count). The van der Waals surface area contributed by atoms with Crippen LogP contribution in [0.15, 0.2) is 0 Å². The molecule has 2 aliphatic rings. The summed E-state index contributed by atoms with van der Waals surface area (Å²) in [6, 6.07) is 0. The van der Waals surface area contributed by atoms with E-state index in [9.17, 15) is 4.79 Å². The molecule has 0 aromatic rings. The van der Waals surface area contributed by atoms with E-state index in [1.807, 2.05) is 11.8 Å².